The van der Waals surface area contributed by atoms with Crippen molar-refractivity contribution in [2.24, 2.45) is 0 Å². The van der Waals surface area contributed by atoms with Crippen LogP contribution in [0.15, 0.2) is 30.3 Å². The minimum Gasteiger partial charge on any atom is -0.343 e. The number of nitrogens with one attached hydrogen (secondary N) is 1. The summed E-state index contributed by atoms with van der Waals surface area (Å²) in [6.07, 6.45) is 4.92. The highest BCUT2D eigenvalue weighted by Gasteiger charge is 2.18. The van der Waals surface area contributed by atoms with Crippen molar-refractivity contribution in [1.82, 2.24) is 9.97 Å². The van der Waals surface area contributed by atoms with Crippen LogP contribution in [0.1, 0.15) is 37.3 Å². The van der Waals surface area contributed by atoms with Crippen LogP contribution >= 0.6 is 12.2 Å². The molecule has 0 radical (unpaired) electrons. The number of hydrogen-bond acceptors (Lipinski definition) is 2. The second-order valence-electron chi connectivity index (χ2n) is 5.02. The lowest BCUT2D eigenvalue weighted by Gasteiger charge is -2.11. The summed E-state index contributed by atoms with van der Waals surface area (Å²) in [5.41, 5.74) is 1.88. The average Bonchev–Trinajstić information content (AvgIpc) is 2.92. The van der Waals surface area contributed by atoms with E-state index in [0.717, 1.165) is 11.3 Å². The van der Waals surface area contributed by atoms with Crippen LogP contribution in [0.25, 0.3) is 11.4 Å². The van der Waals surface area contributed by atoms with Crippen LogP contribution in [0.3, 0.4) is 0 Å². The first kappa shape index (κ1) is 12.5. The van der Waals surface area contributed by atoms with E-state index in [-0.39, 0.29) is 5.82 Å². The van der Waals surface area contributed by atoms with Crippen molar-refractivity contribution in [3.8, 4) is 11.4 Å². The number of halogens is 1. The molecule has 1 aromatic carbocycles. The third-order valence-electron chi connectivity index (χ3n) is 3.66. The van der Waals surface area contributed by atoms with Crippen molar-refractivity contribution in [1.29, 1.82) is 0 Å². The zero-order valence-electron chi connectivity index (χ0n) is 10.5. The van der Waals surface area contributed by atoms with E-state index in [2.05, 4.69) is 9.97 Å². The van der Waals surface area contributed by atoms with Crippen molar-refractivity contribution < 1.29 is 4.39 Å². The summed E-state index contributed by atoms with van der Waals surface area (Å²) in [5, 5.41) is 0. The fourth-order valence-corrected chi connectivity index (χ4v) is 2.92. The highest BCUT2D eigenvalue weighted by molar-refractivity contribution is 7.71. The molecule has 0 bridgehead atoms. The van der Waals surface area contributed by atoms with E-state index in [1.54, 1.807) is 6.07 Å². The lowest BCUT2D eigenvalue weighted by molar-refractivity contribution is 0.628. The van der Waals surface area contributed by atoms with Gasteiger partial charge in [-0.1, -0.05) is 37.2 Å². The van der Waals surface area contributed by atoms with E-state index in [0.29, 0.717) is 16.4 Å². The lowest BCUT2D eigenvalue weighted by atomic mass is 10.0. The summed E-state index contributed by atoms with van der Waals surface area (Å²) < 4.78 is 13.9. The van der Waals surface area contributed by atoms with Gasteiger partial charge in [-0.2, -0.15) is 0 Å². The van der Waals surface area contributed by atoms with Crippen molar-refractivity contribution in [3.05, 3.63) is 46.5 Å². The van der Waals surface area contributed by atoms with Gasteiger partial charge in [-0.05, 0) is 37.0 Å². The maximum absolute atomic E-state index is 13.3. The SMILES string of the molecule is Fc1cccc(-c2nc(=S)cc(C3CCCC3)[nH]2)c1. The topological polar surface area (TPSA) is 28.7 Å². The molecule has 0 amide bonds. The number of rotatable bonds is 2. The number of hydrogen-bond donors (Lipinski definition) is 1. The molecule has 0 aliphatic heterocycles. The average molecular weight is 274 g/mol. The van der Waals surface area contributed by atoms with E-state index in [9.17, 15) is 4.39 Å². The Balaban J connectivity index is 2.04. The van der Waals surface area contributed by atoms with E-state index in [4.69, 9.17) is 12.2 Å². The molecule has 0 spiro atoms. The number of benzene rings is 1. The first-order valence-corrected chi connectivity index (χ1v) is 7.00. The molecule has 0 atom stereocenters. The Morgan fingerprint density at radius 3 is 2.74 bits per heavy atom. The van der Waals surface area contributed by atoms with Gasteiger partial charge in [-0.15, -0.1) is 0 Å². The molecule has 1 heterocycles. The third kappa shape index (κ3) is 2.73. The van der Waals surface area contributed by atoms with Gasteiger partial charge < -0.3 is 4.98 Å². The minimum absolute atomic E-state index is 0.259. The van der Waals surface area contributed by atoms with Gasteiger partial charge in [0.05, 0.1) is 0 Å². The molecule has 1 N–H and O–H groups in total. The molecule has 1 aliphatic rings. The van der Waals surface area contributed by atoms with Crippen LogP contribution in [0.5, 0.6) is 0 Å². The van der Waals surface area contributed by atoms with E-state index in [1.807, 2.05) is 12.1 Å². The number of nitrogens with zero attached hydrogens (tertiary/aromatic N) is 1. The normalized spacial score (nSPS) is 15.8. The fraction of sp³-hybridized carbons (Fsp3) is 0.333. The molecule has 1 fully saturated rings. The molecular weight excluding hydrogens is 259 g/mol. The monoisotopic (exact) mass is 274 g/mol. The van der Waals surface area contributed by atoms with Crippen LogP contribution in [0.4, 0.5) is 4.39 Å². The Kier molecular flexibility index (Phi) is 3.42. The largest absolute Gasteiger partial charge is 0.343 e. The third-order valence-corrected chi connectivity index (χ3v) is 3.87. The second-order valence-corrected chi connectivity index (χ2v) is 5.43. The minimum atomic E-state index is -0.259. The van der Waals surface area contributed by atoms with Gasteiger partial charge in [0.15, 0.2) is 0 Å². The molecule has 4 heteroatoms. The first-order valence-electron chi connectivity index (χ1n) is 6.59. The van der Waals surface area contributed by atoms with Crippen LogP contribution < -0.4 is 0 Å². The zero-order chi connectivity index (χ0) is 13.2. The lowest BCUT2D eigenvalue weighted by Crippen LogP contribution is -2.00. The summed E-state index contributed by atoms with van der Waals surface area (Å²) >= 11 is 5.23. The molecule has 2 aromatic rings. The molecule has 3 rings (SSSR count). The molecule has 2 nitrogen and oxygen atoms in total. The van der Waals surface area contributed by atoms with Crippen molar-refractivity contribution in [2.75, 3.05) is 0 Å². The summed E-state index contributed by atoms with van der Waals surface area (Å²) in [7, 11) is 0. The van der Waals surface area contributed by atoms with Gasteiger partial charge in [0, 0.05) is 11.3 Å². The van der Waals surface area contributed by atoms with Gasteiger partial charge in [0.25, 0.3) is 0 Å². The van der Waals surface area contributed by atoms with Crippen molar-refractivity contribution in [2.45, 2.75) is 31.6 Å². The Morgan fingerprint density at radius 1 is 1.21 bits per heavy atom. The second kappa shape index (κ2) is 5.21. The number of aromatic amines is 1. The summed E-state index contributed by atoms with van der Waals surface area (Å²) in [4.78, 5) is 7.64. The van der Waals surface area contributed by atoms with Crippen molar-refractivity contribution >= 4 is 12.2 Å². The summed E-state index contributed by atoms with van der Waals surface area (Å²) in [6, 6.07) is 8.37. The molecule has 1 saturated carbocycles. The molecule has 0 saturated heterocycles. The standard InChI is InChI=1S/C15H15FN2S/c16-12-7-3-6-11(8-12)15-17-13(9-14(19)18-15)10-4-1-2-5-10/h3,6-10H,1-2,4-5H2,(H,17,18,19). The Hall–Kier alpha value is -1.55. The van der Waals surface area contributed by atoms with E-state index < -0.39 is 0 Å². The van der Waals surface area contributed by atoms with Gasteiger partial charge >= 0.3 is 0 Å². The van der Waals surface area contributed by atoms with Gasteiger partial charge in [0.1, 0.15) is 16.3 Å². The Bertz CT molecular complexity index is 645. The van der Waals surface area contributed by atoms with Crippen LogP contribution in [0.2, 0.25) is 0 Å². The highest BCUT2D eigenvalue weighted by atomic mass is 32.1. The Morgan fingerprint density at radius 2 is 2.00 bits per heavy atom. The molecule has 19 heavy (non-hydrogen) atoms. The Labute approximate surface area is 116 Å². The van der Waals surface area contributed by atoms with Crippen molar-refractivity contribution in [3.63, 3.8) is 0 Å². The van der Waals surface area contributed by atoms with Gasteiger partial charge in [-0.3, -0.25) is 0 Å². The first-order chi connectivity index (χ1) is 9.22. The highest BCUT2D eigenvalue weighted by Crippen LogP contribution is 2.33. The predicted octanol–water partition coefficient (Wildman–Crippen LogP) is 4.60. The summed E-state index contributed by atoms with van der Waals surface area (Å²) in [6.45, 7) is 0. The molecule has 0 unspecified atom stereocenters. The fourth-order valence-electron chi connectivity index (χ4n) is 2.71. The van der Waals surface area contributed by atoms with Gasteiger partial charge in [0.2, 0.25) is 0 Å². The molecule has 1 aliphatic carbocycles. The van der Waals surface area contributed by atoms with Crippen LogP contribution in [-0.2, 0) is 0 Å². The maximum Gasteiger partial charge on any atom is 0.139 e. The number of H-pyrrole nitrogens is 1. The van der Waals surface area contributed by atoms with Gasteiger partial charge in [-0.25, -0.2) is 9.37 Å². The van der Waals surface area contributed by atoms with Crippen LogP contribution in [-0.4, -0.2) is 9.97 Å². The number of aromatic nitrogens is 2. The van der Waals surface area contributed by atoms with E-state index in [1.165, 1.54) is 37.8 Å². The quantitative estimate of drug-likeness (QED) is 0.811. The predicted molar refractivity (Wildman–Crippen MR) is 76.0 cm³/mol. The van der Waals surface area contributed by atoms with E-state index >= 15 is 0 Å². The molecular formula is C15H15FN2S. The summed E-state index contributed by atoms with van der Waals surface area (Å²) in [5.74, 6) is 0.941. The zero-order valence-corrected chi connectivity index (χ0v) is 11.3. The maximum atomic E-state index is 13.3. The van der Waals surface area contributed by atoms with Crippen LogP contribution in [0, 0.1) is 10.5 Å². The molecule has 1 aromatic heterocycles. The smallest absolute Gasteiger partial charge is 0.139 e. The molecule has 98 valence electrons.